The molecule has 0 aliphatic heterocycles. The largest absolute Gasteiger partial charge is 0.508 e. The molecule has 0 fully saturated rings. The Labute approximate surface area is 113 Å². The van der Waals surface area contributed by atoms with Crippen LogP contribution in [-0.2, 0) is 5.54 Å². The molecular weight excluding hydrogens is 238 g/mol. The Morgan fingerprint density at radius 1 is 1.00 bits per heavy atom. The van der Waals surface area contributed by atoms with Crippen molar-refractivity contribution in [2.75, 3.05) is 11.9 Å². The number of rotatable bonds is 5. The topological polar surface area (TPSA) is 52.5 Å². The highest BCUT2D eigenvalue weighted by Crippen LogP contribution is 2.30. The molecule has 0 radical (unpaired) electrons. The zero-order valence-electron chi connectivity index (χ0n) is 11.0. The first-order valence-electron chi connectivity index (χ1n) is 6.44. The molecule has 0 saturated carbocycles. The number of phenolic OH excluding ortho intramolecular Hbond substituents is 1. The molecule has 0 aromatic heterocycles. The molecule has 100 valence electrons. The van der Waals surface area contributed by atoms with Crippen molar-refractivity contribution >= 4 is 5.69 Å². The van der Waals surface area contributed by atoms with E-state index in [1.54, 1.807) is 12.1 Å². The second-order valence-corrected chi connectivity index (χ2v) is 4.63. The summed E-state index contributed by atoms with van der Waals surface area (Å²) in [6, 6.07) is 16.8. The van der Waals surface area contributed by atoms with E-state index in [1.807, 2.05) is 49.4 Å². The van der Waals surface area contributed by atoms with E-state index in [4.69, 9.17) is 0 Å². The molecule has 0 aliphatic rings. The van der Waals surface area contributed by atoms with Gasteiger partial charge in [0.05, 0.1) is 12.1 Å². The molecule has 0 bridgehead atoms. The highest BCUT2D eigenvalue weighted by atomic mass is 16.3. The number of para-hydroxylation sites is 1. The van der Waals surface area contributed by atoms with Crippen LogP contribution in [0, 0.1) is 0 Å². The van der Waals surface area contributed by atoms with Crippen LogP contribution in [0.25, 0.3) is 0 Å². The molecule has 3 N–H and O–H groups in total. The smallest absolute Gasteiger partial charge is 0.115 e. The van der Waals surface area contributed by atoms with Crippen LogP contribution in [0.5, 0.6) is 5.75 Å². The number of aliphatic hydroxyl groups excluding tert-OH is 1. The van der Waals surface area contributed by atoms with Crippen LogP contribution in [0.2, 0.25) is 0 Å². The van der Waals surface area contributed by atoms with E-state index in [0.717, 1.165) is 17.7 Å². The normalized spacial score (nSPS) is 13.8. The van der Waals surface area contributed by atoms with E-state index in [2.05, 4.69) is 5.32 Å². The van der Waals surface area contributed by atoms with Gasteiger partial charge in [-0.05, 0) is 36.2 Å². The van der Waals surface area contributed by atoms with E-state index in [1.165, 1.54) is 0 Å². The maximum Gasteiger partial charge on any atom is 0.115 e. The second kappa shape index (κ2) is 5.76. The predicted octanol–water partition coefficient (Wildman–Crippen LogP) is 3.10. The lowest BCUT2D eigenvalue weighted by atomic mass is 9.87. The summed E-state index contributed by atoms with van der Waals surface area (Å²) in [5, 5.41) is 22.6. The fourth-order valence-corrected chi connectivity index (χ4v) is 2.19. The van der Waals surface area contributed by atoms with E-state index < -0.39 is 5.54 Å². The van der Waals surface area contributed by atoms with E-state index in [0.29, 0.717) is 0 Å². The lowest BCUT2D eigenvalue weighted by molar-refractivity contribution is 0.207. The van der Waals surface area contributed by atoms with Crippen LogP contribution in [0.3, 0.4) is 0 Å². The van der Waals surface area contributed by atoms with Crippen LogP contribution in [0.4, 0.5) is 5.69 Å². The Hall–Kier alpha value is -2.00. The summed E-state index contributed by atoms with van der Waals surface area (Å²) < 4.78 is 0. The van der Waals surface area contributed by atoms with Gasteiger partial charge in [-0.3, -0.25) is 0 Å². The molecule has 2 aromatic carbocycles. The van der Waals surface area contributed by atoms with E-state index in [-0.39, 0.29) is 12.4 Å². The molecule has 1 atom stereocenters. The molecule has 19 heavy (non-hydrogen) atoms. The Kier molecular flexibility index (Phi) is 4.07. The van der Waals surface area contributed by atoms with Crippen molar-refractivity contribution in [3.63, 3.8) is 0 Å². The fraction of sp³-hybridized carbons (Fsp3) is 0.250. The molecule has 0 heterocycles. The number of aromatic hydroxyl groups is 1. The molecule has 3 nitrogen and oxygen atoms in total. The minimum absolute atomic E-state index is 0.0107. The number of benzene rings is 2. The van der Waals surface area contributed by atoms with Gasteiger partial charge in [0.1, 0.15) is 5.75 Å². The minimum Gasteiger partial charge on any atom is -0.508 e. The van der Waals surface area contributed by atoms with E-state index >= 15 is 0 Å². The maximum atomic E-state index is 9.84. The summed E-state index contributed by atoms with van der Waals surface area (Å²) in [7, 11) is 0. The first-order valence-corrected chi connectivity index (χ1v) is 6.44. The molecule has 0 saturated heterocycles. The quantitative estimate of drug-likeness (QED) is 0.771. The summed E-state index contributed by atoms with van der Waals surface area (Å²) in [6.45, 7) is 2.02. The summed E-state index contributed by atoms with van der Waals surface area (Å²) in [5.41, 5.74) is 1.39. The van der Waals surface area contributed by atoms with Crippen molar-refractivity contribution in [3.05, 3.63) is 60.2 Å². The van der Waals surface area contributed by atoms with E-state index in [9.17, 15) is 10.2 Å². The van der Waals surface area contributed by atoms with Gasteiger partial charge in [-0.25, -0.2) is 0 Å². The number of aliphatic hydroxyl groups is 1. The van der Waals surface area contributed by atoms with Crippen molar-refractivity contribution in [1.29, 1.82) is 0 Å². The number of nitrogens with one attached hydrogen (secondary N) is 1. The van der Waals surface area contributed by atoms with Gasteiger partial charge >= 0.3 is 0 Å². The van der Waals surface area contributed by atoms with Gasteiger partial charge in [0, 0.05) is 5.69 Å². The Morgan fingerprint density at radius 2 is 1.63 bits per heavy atom. The van der Waals surface area contributed by atoms with Gasteiger partial charge in [-0.15, -0.1) is 0 Å². The molecular formula is C16H19NO2. The highest BCUT2D eigenvalue weighted by Gasteiger charge is 2.29. The zero-order chi connectivity index (χ0) is 13.7. The van der Waals surface area contributed by atoms with Crippen molar-refractivity contribution in [1.82, 2.24) is 0 Å². The van der Waals surface area contributed by atoms with Gasteiger partial charge in [0.15, 0.2) is 0 Å². The summed E-state index contributed by atoms with van der Waals surface area (Å²) in [6.07, 6.45) is 0.739. The van der Waals surface area contributed by atoms with Gasteiger partial charge in [-0.2, -0.15) is 0 Å². The zero-order valence-corrected chi connectivity index (χ0v) is 11.0. The van der Waals surface area contributed by atoms with Crippen LogP contribution >= 0.6 is 0 Å². The van der Waals surface area contributed by atoms with Gasteiger partial charge in [0.25, 0.3) is 0 Å². The molecule has 3 heteroatoms. The summed E-state index contributed by atoms with van der Waals surface area (Å²) in [4.78, 5) is 0. The number of phenols is 1. The number of hydrogen-bond donors (Lipinski definition) is 3. The molecule has 0 spiro atoms. The lowest BCUT2D eigenvalue weighted by Gasteiger charge is -2.33. The number of anilines is 1. The number of hydrogen-bond acceptors (Lipinski definition) is 3. The predicted molar refractivity (Wildman–Crippen MR) is 77.2 cm³/mol. The third-order valence-electron chi connectivity index (χ3n) is 3.45. The minimum atomic E-state index is -0.533. The standard InChI is InChI=1S/C16H19NO2/c1-2-16(12-18,13-8-10-15(19)11-9-13)17-14-6-4-3-5-7-14/h3-11,17-19H,2,12H2,1H3. The second-order valence-electron chi connectivity index (χ2n) is 4.63. The average Bonchev–Trinajstić information content (AvgIpc) is 2.47. The van der Waals surface area contributed by atoms with Crippen LogP contribution in [-0.4, -0.2) is 16.8 Å². The summed E-state index contributed by atoms with van der Waals surface area (Å²) >= 11 is 0. The lowest BCUT2D eigenvalue weighted by Crippen LogP contribution is -2.38. The summed E-state index contributed by atoms with van der Waals surface area (Å²) in [5.74, 6) is 0.228. The SMILES string of the molecule is CCC(CO)(Nc1ccccc1)c1ccc(O)cc1. The molecule has 0 amide bonds. The van der Waals surface area contributed by atoms with Crippen LogP contribution in [0.15, 0.2) is 54.6 Å². The van der Waals surface area contributed by atoms with Crippen molar-refractivity contribution < 1.29 is 10.2 Å². The van der Waals surface area contributed by atoms with Gasteiger partial charge < -0.3 is 15.5 Å². The first-order chi connectivity index (χ1) is 9.20. The molecule has 0 aliphatic carbocycles. The van der Waals surface area contributed by atoms with Crippen LogP contribution < -0.4 is 5.32 Å². The molecule has 2 aromatic rings. The third-order valence-corrected chi connectivity index (χ3v) is 3.45. The average molecular weight is 257 g/mol. The van der Waals surface area contributed by atoms with Crippen LogP contribution in [0.1, 0.15) is 18.9 Å². The van der Waals surface area contributed by atoms with Crippen molar-refractivity contribution in [3.8, 4) is 5.75 Å². The fourth-order valence-electron chi connectivity index (χ4n) is 2.19. The maximum absolute atomic E-state index is 9.84. The third kappa shape index (κ3) is 2.88. The molecule has 1 unspecified atom stereocenters. The van der Waals surface area contributed by atoms with Gasteiger partial charge in [-0.1, -0.05) is 37.3 Å². The van der Waals surface area contributed by atoms with Gasteiger partial charge in [0.2, 0.25) is 0 Å². The first kappa shape index (κ1) is 13.4. The highest BCUT2D eigenvalue weighted by molar-refractivity contribution is 5.48. The Bertz CT molecular complexity index is 504. The Morgan fingerprint density at radius 3 is 2.16 bits per heavy atom. The monoisotopic (exact) mass is 257 g/mol. The Balaban J connectivity index is 2.34. The van der Waals surface area contributed by atoms with Crippen molar-refractivity contribution in [2.45, 2.75) is 18.9 Å². The van der Waals surface area contributed by atoms with Crippen molar-refractivity contribution in [2.24, 2.45) is 0 Å². The molecule has 2 rings (SSSR count).